The Morgan fingerprint density at radius 3 is 2.89 bits per heavy atom. The number of carbonyl (C=O) groups is 2. The van der Waals surface area contributed by atoms with E-state index in [-0.39, 0.29) is 22.3 Å². The summed E-state index contributed by atoms with van der Waals surface area (Å²) in [6, 6.07) is 5.86. The van der Waals surface area contributed by atoms with Crippen molar-refractivity contribution in [3.05, 3.63) is 35.7 Å². The monoisotopic (exact) mass is 279 g/mol. The van der Waals surface area contributed by atoms with E-state index in [1.165, 1.54) is 25.3 Å². The van der Waals surface area contributed by atoms with Gasteiger partial charge in [-0.25, -0.2) is 4.79 Å². The third-order valence-electron chi connectivity index (χ3n) is 2.12. The number of methoxy groups -OCH3 is 1. The van der Waals surface area contributed by atoms with E-state index < -0.39 is 11.9 Å². The average molecular weight is 279 g/mol. The van der Waals surface area contributed by atoms with Crippen LogP contribution in [-0.2, 0) is 4.74 Å². The molecule has 0 aliphatic carbocycles. The maximum absolute atomic E-state index is 11.8. The minimum absolute atomic E-state index is 0.0137. The van der Waals surface area contributed by atoms with Gasteiger partial charge in [-0.2, -0.15) is 9.36 Å². The highest BCUT2D eigenvalue weighted by molar-refractivity contribution is 7.10. The number of aromatic hydroxyl groups is 1. The first-order valence-electron chi connectivity index (χ1n) is 5.12. The molecule has 8 heteroatoms. The molecule has 2 rings (SSSR count). The molecule has 19 heavy (non-hydrogen) atoms. The van der Waals surface area contributed by atoms with Gasteiger partial charge in [-0.15, -0.1) is 0 Å². The normalized spacial score (nSPS) is 9.95. The van der Waals surface area contributed by atoms with Gasteiger partial charge < -0.3 is 9.84 Å². The summed E-state index contributed by atoms with van der Waals surface area (Å²) in [7, 11) is 1.22. The second kappa shape index (κ2) is 5.44. The number of phenolic OH excluding ortho intramolecular Hbond substituents is 1. The SMILES string of the molecule is COC(=O)c1nsc(NC(=O)c2cccc(O)c2)n1. The molecule has 0 spiro atoms. The first kappa shape index (κ1) is 13.0. The summed E-state index contributed by atoms with van der Waals surface area (Å²) in [5.74, 6) is -1.25. The topological polar surface area (TPSA) is 101 Å². The first-order chi connectivity index (χ1) is 9.10. The number of carbonyl (C=O) groups excluding carboxylic acids is 2. The molecule has 7 nitrogen and oxygen atoms in total. The van der Waals surface area contributed by atoms with Gasteiger partial charge in [-0.1, -0.05) is 6.07 Å². The minimum atomic E-state index is -0.672. The second-order valence-electron chi connectivity index (χ2n) is 3.42. The Bertz CT molecular complexity index is 626. The fourth-order valence-electron chi connectivity index (χ4n) is 1.26. The molecule has 1 amide bonds. The molecule has 0 radical (unpaired) electrons. The van der Waals surface area contributed by atoms with E-state index >= 15 is 0 Å². The highest BCUT2D eigenvalue weighted by atomic mass is 32.1. The van der Waals surface area contributed by atoms with Gasteiger partial charge in [-0.3, -0.25) is 10.1 Å². The molecule has 0 saturated carbocycles. The number of nitrogens with one attached hydrogen (secondary N) is 1. The lowest BCUT2D eigenvalue weighted by atomic mass is 10.2. The summed E-state index contributed by atoms with van der Waals surface area (Å²) in [4.78, 5) is 26.8. The number of rotatable bonds is 3. The quantitative estimate of drug-likeness (QED) is 0.821. The maximum Gasteiger partial charge on any atom is 0.377 e. The van der Waals surface area contributed by atoms with Crippen LogP contribution in [0.4, 0.5) is 5.13 Å². The van der Waals surface area contributed by atoms with Crippen molar-refractivity contribution < 1.29 is 19.4 Å². The van der Waals surface area contributed by atoms with Crippen LogP contribution in [0.5, 0.6) is 5.75 Å². The zero-order valence-corrected chi connectivity index (χ0v) is 10.6. The van der Waals surface area contributed by atoms with E-state index in [1.807, 2.05) is 0 Å². The van der Waals surface area contributed by atoms with Crippen LogP contribution in [0.25, 0.3) is 0 Å². The molecule has 0 fully saturated rings. The molecule has 1 aromatic heterocycles. The van der Waals surface area contributed by atoms with Gasteiger partial charge in [0.05, 0.1) is 7.11 Å². The molecule has 0 aliphatic heterocycles. The van der Waals surface area contributed by atoms with Gasteiger partial charge in [-0.05, 0) is 18.2 Å². The van der Waals surface area contributed by atoms with Gasteiger partial charge in [0.15, 0.2) is 0 Å². The van der Waals surface area contributed by atoms with E-state index in [2.05, 4.69) is 19.4 Å². The van der Waals surface area contributed by atoms with Crippen LogP contribution in [0.2, 0.25) is 0 Å². The molecule has 0 aliphatic rings. The smallest absolute Gasteiger partial charge is 0.377 e. The molecule has 0 bridgehead atoms. The van der Waals surface area contributed by atoms with Gasteiger partial charge in [0.25, 0.3) is 11.7 Å². The summed E-state index contributed by atoms with van der Waals surface area (Å²) in [5.41, 5.74) is 0.273. The Hall–Kier alpha value is -2.48. The fraction of sp³-hybridized carbons (Fsp3) is 0.0909. The number of phenols is 1. The lowest BCUT2D eigenvalue weighted by Crippen LogP contribution is -2.12. The van der Waals surface area contributed by atoms with Crippen LogP contribution < -0.4 is 5.32 Å². The van der Waals surface area contributed by atoms with Crippen molar-refractivity contribution in [1.82, 2.24) is 9.36 Å². The number of amides is 1. The molecule has 0 atom stereocenters. The Kier molecular flexibility index (Phi) is 3.71. The van der Waals surface area contributed by atoms with Crippen molar-refractivity contribution in [3.8, 4) is 5.75 Å². The zero-order chi connectivity index (χ0) is 13.8. The molecule has 0 unspecified atom stereocenters. The molecule has 2 aromatic rings. The van der Waals surface area contributed by atoms with Crippen molar-refractivity contribution in [1.29, 1.82) is 0 Å². The number of anilines is 1. The third kappa shape index (κ3) is 3.05. The molecule has 2 N–H and O–H groups in total. The van der Waals surface area contributed by atoms with E-state index in [1.54, 1.807) is 6.07 Å². The van der Waals surface area contributed by atoms with Crippen LogP contribution in [-0.4, -0.2) is 33.5 Å². The van der Waals surface area contributed by atoms with Crippen molar-refractivity contribution >= 4 is 28.5 Å². The highest BCUT2D eigenvalue weighted by Gasteiger charge is 2.15. The van der Waals surface area contributed by atoms with Crippen LogP contribution in [0.3, 0.4) is 0 Å². The number of nitrogens with zero attached hydrogens (tertiary/aromatic N) is 2. The molecule has 1 heterocycles. The summed E-state index contributed by atoms with van der Waals surface area (Å²) >= 11 is 0.864. The number of hydrogen-bond donors (Lipinski definition) is 2. The first-order valence-corrected chi connectivity index (χ1v) is 5.90. The van der Waals surface area contributed by atoms with Crippen molar-refractivity contribution in [3.63, 3.8) is 0 Å². The van der Waals surface area contributed by atoms with Crippen molar-refractivity contribution in [2.75, 3.05) is 12.4 Å². The van der Waals surface area contributed by atoms with Crippen molar-refractivity contribution in [2.45, 2.75) is 0 Å². The van der Waals surface area contributed by atoms with Crippen LogP contribution in [0.1, 0.15) is 21.0 Å². The van der Waals surface area contributed by atoms with Crippen molar-refractivity contribution in [2.24, 2.45) is 0 Å². The maximum atomic E-state index is 11.8. The standard InChI is InChI=1S/C11H9N3O4S/c1-18-10(17)8-12-11(19-14-8)13-9(16)6-3-2-4-7(15)5-6/h2-5,15H,1H3,(H,12,13,14,16). The Labute approximate surface area is 112 Å². The largest absolute Gasteiger partial charge is 0.508 e. The number of hydrogen-bond acceptors (Lipinski definition) is 7. The molecular formula is C11H9N3O4S. The molecule has 0 saturated heterocycles. The van der Waals surface area contributed by atoms with E-state index in [0.717, 1.165) is 11.5 Å². The lowest BCUT2D eigenvalue weighted by molar-refractivity contribution is 0.0588. The summed E-state index contributed by atoms with van der Waals surface area (Å²) in [6.07, 6.45) is 0. The number of ether oxygens (including phenoxy) is 1. The van der Waals surface area contributed by atoms with Gasteiger partial charge in [0.2, 0.25) is 5.13 Å². The Morgan fingerprint density at radius 2 is 2.21 bits per heavy atom. The second-order valence-corrected chi connectivity index (χ2v) is 4.17. The van der Waals surface area contributed by atoms with E-state index in [9.17, 15) is 14.7 Å². The zero-order valence-electron chi connectivity index (χ0n) is 9.78. The molecule has 98 valence electrons. The summed E-state index contributed by atoms with van der Waals surface area (Å²) in [5, 5.41) is 11.9. The average Bonchev–Trinajstić information content (AvgIpc) is 2.86. The number of aromatic nitrogens is 2. The minimum Gasteiger partial charge on any atom is -0.508 e. The lowest BCUT2D eigenvalue weighted by Gasteiger charge is -2.01. The number of esters is 1. The summed E-state index contributed by atoms with van der Waals surface area (Å²) < 4.78 is 8.20. The van der Waals surface area contributed by atoms with E-state index in [4.69, 9.17) is 0 Å². The fourth-order valence-corrected chi connectivity index (χ4v) is 1.82. The Balaban J connectivity index is 2.11. The molecule has 1 aromatic carbocycles. The highest BCUT2D eigenvalue weighted by Crippen LogP contribution is 2.15. The van der Waals surface area contributed by atoms with Gasteiger partial charge >= 0.3 is 5.97 Å². The third-order valence-corrected chi connectivity index (χ3v) is 2.75. The Morgan fingerprint density at radius 1 is 1.42 bits per heavy atom. The van der Waals surface area contributed by atoms with Gasteiger partial charge in [0, 0.05) is 17.1 Å². The van der Waals surface area contributed by atoms with E-state index in [0.29, 0.717) is 0 Å². The van der Waals surface area contributed by atoms with Crippen LogP contribution in [0.15, 0.2) is 24.3 Å². The van der Waals surface area contributed by atoms with Gasteiger partial charge in [0.1, 0.15) is 5.75 Å². The van der Waals surface area contributed by atoms with Crippen LogP contribution >= 0.6 is 11.5 Å². The predicted molar refractivity (Wildman–Crippen MR) is 67.3 cm³/mol. The van der Waals surface area contributed by atoms with Crippen LogP contribution in [0, 0.1) is 0 Å². The molecular weight excluding hydrogens is 270 g/mol. The summed E-state index contributed by atoms with van der Waals surface area (Å²) in [6.45, 7) is 0. The predicted octanol–water partition coefficient (Wildman–Crippen LogP) is 1.28. The number of benzene rings is 1.